The Hall–Kier alpha value is -4.92. The summed E-state index contributed by atoms with van der Waals surface area (Å²) >= 11 is 0. The Morgan fingerprint density at radius 1 is 0.973 bits per heavy atom. The highest BCUT2D eigenvalue weighted by atomic mass is 16.1. The van der Waals surface area contributed by atoms with Crippen LogP contribution in [-0.4, -0.2) is 41.0 Å². The summed E-state index contributed by atoms with van der Waals surface area (Å²) in [6.45, 7) is 2.06. The standard InChI is InChI=1S/C28H24N8O/c1-2-3-7-25(37)32-19-12-18(14-30-15-19)23-13-21-24(16-31-23)35-36-27(21)28-33-22-6-4-5-20(26(22)34-28)17-8-10-29-11-9-17/h4-6,8-16H,2-3,7H2,1H3,(H,32,37)(H,33,34)(H,35,36). The summed E-state index contributed by atoms with van der Waals surface area (Å²) in [5.74, 6) is 0.646. The van der Waals surface area contributed by atoms with Crippen LogP contribution in [0, 0.1) is 0 Å². The van der Waals surface area contributed by atoms with E-state index in [9.17, 15) is 4.79 Å². The Morgan fingerprint density at radius 3 is 2.73 bits per heavy atom. The zero-order valence-corrected chi connectivity index (χ0v) is 20.2. The van der Waals surface area contributed by atoms with Gasteiger partial charge in [-0.3, -0.25) is 24.8 Å². The SMILES string of the molecule is CCCCC(=O)Nc1cncc(-c2cc3c(-c4nc5c(-c6ccncc6)cccc5[nH]4)n[nH]c3cn2)c1. The van der Waals surface area contributed by atoms with Crippen LogP contribution in [0.3, 0.4) is 0 Å². The molecule has 9 heteroatoms. The number of unbranched alkanes of at least 4 members (excludes halogenated alkanes) is 1. The third kappa shape index (κ3) is 4.42. The molecule has 0 aliphatic heterocycles. The second kappa shape index (κ2) is 9.62. The van der Waals surface area contributed by atoms with Gasteiger partial charge in [0, 0.05) is 41.5 Å². The molecule has 6 rings (SSSR count). The quantitative estimate of drug-likeness (QED) is 0.263. The molecule has 1 aromatic carbocycles. The molecular weight excluding hydrogens is 464 g/mol. The largest absolute Gasteiger partial charge is 0.337 e. The molecule has 0 bridgehead atoms. The molecule has 5 aromatic heterocycles. The predicted octanol–water partition coefficient (Wildman–Crippen LogP) is 5.75. The molecule has 0 fully saturated rings. The second-order valence-corrected chi connectivity index (χ2v) is 8.82. The molecule has 6 aromatic rings. The molecular formula is C28H24N8O. The van der Waals surface area contributed by atoms with Crippen LogP contribution in [0.15, 0.2) is 73.4 Å². The number of fused-ring (bicyclic) bond motifs is 2. The van der Waals surface area contributed by atoms with Crippen LogP contribution < -0.4 is 5.32 Å². The van der Waals surface area contributed by atoms with Gasteiger partial charge in [0.05, 0.1) is 40.3 Å². The average Bonchev–Trinajstić information content (AvgIpc) is 3.56. The van der Waals surface area contributed by atoms with Crippen LogP contribution in [0.25, 0.3) is 55.8 Å². The van der Waals surface area contributed by atoms with Crippen molar-refractivity contribution in [1.82, 2.24) is 35.1 Å². The lowest BCUT2D eigenvalue weighted by Crippen LogP contribution is -2.11. The number of pyridine rings is 3. The molecule has 0 aliphatic rings. The van der Waals surface area contributed by atoms with Crippen molar-refractivity contribution in [1.29, 1.82) is 0 Å². The lowest BCUT2D eigenvalue weighted by Gasteiger charge is -2.07. The van der Waals surface area contributed by atoms with E-state index in [1.54, 1.807) is 31.0 Å². The monoisotopic (exact) mass is 488 g/mol. The molecule has 0 saturated heterocycles. The van der Waals surface area contributed by atoms with E-state index in [-0.39, 0.29) is 5.91 Å². The van der Waals surface area contributed by atoms with Gasteiger partial charge >= 0.3 is 0 Å². The maximum atomic E-state index is 12.2. The van der Waals surface area contributed by atoms with E-state index in [1.165, 1.54) is 0 Å². The number of H-pyrrole nitrogens is 2. The van der Waals surface area contributed by atoms with Crippen molar-refractivity contribution < 1.29 is 4.79 Å². The van der Waals surface area contributed by atoms with Crippen molar-refractivity contribution in [3.8, 4) is 33.9 Å². The Labute approximate surface area is 212 Å². The number of rotatable bonds is 7. The summed E-state index contributed by atoms with van der Waals surface area (Å²) in [4.78, 5) is 33.5. The molecule has 0 radical (unpaired) electrons. The molecule has 0 atom stereocenters. The highest BCUT2D eigenvalue weighted by Crippen LogP contribution is 2.32. The van der Waals surface area contributed by atoms with Gasteiger partial charge < -0.3 is 10.3 Å². The Kier molecular flexibility index (Phi) is 5.86. The number of nitrogens with one attached hydrogen (secondary N) is 3. The summed E-state index contributed by atoms with van der Waals surface area (Å²) in [5.41, 5.74) is 7.52. The summed E-state index contributed by atoms with van der Waals surface area (Å²) in [6, 6.07) is 13.8. The highest BCUT2D eigenvalue weighted by molar-refractivity contribution is 5.98. The lowest BCUT2D eigenvalue weighted by molar-refractivity contribution is -0.116. The number of carbonyl (C=O) groups is 1. The maximum absolute atomic E-state index is 12.2. The summed E-state index contributed by atoms with van der Waals surface area (Å²) < 4.78 is 0. The van der Waals surface area contributed by atoms with Crippen LogP contribution in [0.4, 0.5) is 5.69 Å². The van der Waals surface area contributed by atoms with Gasteiger partial charge in [-0.05, 0) is 42.3 Å². The number of imidazole rings is 1. The van der Waals surface area contributed by atoms with Crippen molar-refractivity contribution in [3.63, 3.8) is 0 Å². The van der Waals surface area contributed by atoms with Crippen LogP contribution in [0.1, 0.15) is 26.2 Å². The predicted molar refractivity (Wildman–Crippen MR) is 144 cm³/mol. The normalized spacial score (nSPS) is 11.3. The maximum Gasteiger partial charge on any atom is 0.224 e. The fourth-order valence-electron chi connectivity index (χ4n) is 4.37. The molecule has 37 heavy (non-hydrogen) atoms. The number of nitrogens with zero attached hydrogens (tertiary/aromatic N) is 5. The van der Waals surface area contributed by atoms with E-state index in [1.807, 2.05) is 42.5 Å². The van der Waals surface area contributed by atoms with Crippen molar-refractivity contribution in [2.24, 2.45) is 0 Å². The molecule has 9 nitrogen and oxygen atoms in total. The minimum absolute atomic E-state index is 0.0163. The average molecular weight is 489 g/mol. The lowest BCUT2D eigenvalue weighted by atomic mass is 10.1. The van der Waals surface area contributed by atoms with Gasteiger partial charge in [-0.2, -0.15) is 5.10 Å². The molecule has 3 N–H and O–H groups in total. The number of para-hydroxylation sites is 1. The molecule has 0 saturated carbocycles. The number of hydrogen-bond acceptors (Lipinski definition) is 6. The second-order valence-electron chi connectivity index (χ2n) is 8.82. The smallest absolute Gasteiger partial charge is 0.224 e. The van der Waals surface area contributed by atoms with E-state index in [2.05, 4.69) is 42.4 Å². The van der Waals surface area contributed by atoms with E-state index in [4.69, 9.17) is 4.98 Å². The van der Waals surface area contributed by atoms with E-state index in [0.29, 0.717) is 23.6 Å². The third-order valence-electron chi connectivity index (χ3n) is 6.25. The van der Waals surface area contributed by atoms with Gasteiger partial charge in [0.15, 0.2) is 5.82 Å². The number of hydrogen-bond donors (Lipinski definition) is 3. The molecule has 0 unspecified atom stereocenters. The Balaban J connectivity index is 1.37. The Morgan fingerprint density at radius 2 is 1.86 bits per heavy atom. The number of carbonyl (C=O) groups excluding carboxylic acids is 1. The first kappa shape index (κ1) is 22.5. The molecule has 0 aliphatic carbocycles. The Bertz CT molecular complexity index is 1720. The van der Waals surface area contributed by atoms with Gasteiger partial charge in [0.1, 0.15) is 5.69 Å². The first-order valence-corrected chi connectivity index (χ1v) is 12.2. The van der Waals surface area contributed by atoms with Crippen molar-refractivity contribution in [2.75, 3.05) is 5.32 Å². The van der Waals surface area contributed by atoms with Crippen molar-refractivity contribution in [2.45, 2.75) is 26.2 Å². The highest BCUT2D eigenvalue weighted by Gasteiger charge is 2.16. The van der Waals surface area contributed by atoms with Crippen LogP contribution >= 0.6 is 0 Å². The first-order chi connectivity index (χ1) is 18.2. The van der Waals surface area contributed by atoms with Gasteiger partial charge in [-0.25, -0.2) is 4.98 Å². The number of aromatic amines is 2. The van der Waals surface area contributed by atoms with Gasteiger partial charge in [0.2, 0.25) is 5.91 Å². The fraction of sp³-hybridized carbons (Fsp3) is 0.143. The fourth-order valence-corrected chi connectivity index (χ4v) is 4.37. The third-order valence-corrected chi connectivity index (χ3v) is 6.25. The van der Waals surface area contributed by atoms with Crippen molar-refractivity contribution in [3.05, 3.63) is 73.4 Å². The number of amides is 1. The van der Waals surface area contributed by atoms with E-state index < -0.39 is 0 Å². The number of benzene rings is 1. The molecule has 1 amide bonds. The van der Waals surface area contributed by atoms with E-state index in [0.717, 1.165) is 57.2 Å². The number of anilines is 1. The molecule has 0 spiro atoms. The van der Waals surface area contributed by atoms with Gasteiger partial charge in [-0.15, -0.1) is 0 Å². The molecule has 182 valence electrons. The minimum atomic E-state index is -0.0163. The topological polar surface area (TPSA) is 125 Å². The summed E-state index contributed by atoms with van der Waals surface area (Å²) in [6.07, 6.45) is 11.0. The molecule has 5 heterocycles. The number of aromatic nitrogens is 7. The zero-order valence-electron chi connectivity index (χ0n) is 20.2. The van der Waals surface area contributed by atoms with Crippen LogP contribution in [0.5, 0.6) is 0 Å². The van der Waals surface area contributed by atoms with Crippen LogP contribution in [0.2, 0.25) is 0 Å². The first-order valence-electron chi connectivity index (χ1n) is 12.2. The zero-order chi connectivity index (χ0) is 25.2. The van der Waals surface area contributed by atoms with Gasteiger partial charge in [0.25, 0.3) is 0 Å². The van der Waals surface area contributed by atoms with E-state index >= 15 is 0 Å². The van der Waals surface area contributed by atoms with Crippen LogP contribution in [-0.2, 0) is 4.79 Å². The van der Waals surface area contributed by atoms with Gasteiger partial charge in [-0.1, -0.05) is 25.5 Å². The minimum Gasteiger partial charge on any atom is -0.337 e. The summed E-state index contributed by atoms with van der Waals surface area (Å²) in [5, 5.41) is 11.4. The van der Waals surface area contributed by atoms with Crippen molar-refractivity contribution >= 4 is 33.5 Å². The summed E-state index contributed by atoms with van der Waals surface area (Å²) in [7, 11) is 0.